The van der Waals surface area contributed by atoms with E-state index < -0.39 is 12.0 Å². The summed E-state index contributed by atoms with van der Waals surface area (Å²) in [7, 11) is 0. The number of carbonyl (C=O) groups excluding carboxylic acids is 2. The molecule has 0 unspecified atom stereocenters. The number of benzene rings is 1. The summed E-state index contributed by atoms with van der Waals surface area (Å²) in [6, 6.07) is 5.06. The zero-order valence-corrected chi connectivity index (χ0v) is 14.7. The molecule has 0 spiro atoms. The van der Waals surface area contributed by atoms with Gasteiger partial charge in [-0.1, -0.05) is 36.5 Å². The third-order valence-electron chi connectivity index (χ3n) is 4.00. The number of thioether (sulfide) groups is 1. The normalized spacial score (nSPS) is 22.6. The number of hydrogen-bond acceptors (Lipinski definition) is 5. The van der Waals surface area contributed by atoms with Gasteiger partial charge in [-0.25, -0.2) is 14.2 Å². The highest BCUT2D eigenvalue weighted by molar-refractivity contribution is 8.15. The summed E-state index contributed by atoms with van der Waals surface area (Å²) in [6.45, 7) is 7.09. The highest BCUT2D eigenvalue weighted by Crippen LogP contribution is 2.43. The summed E-state index contributed by atoms with van der Waals surface area (Å²) in [4.78, 5) is 31.1. The average molecular weight is 360 g/mol. The smallest absolute Gasteiger partial charge is 0.338 e. The Balaban J connectivity index is 2.11. The van der Waals surface area contributed by atoms with E-state index in [1.807, 2.05) is 0 Å². The molecule has 1 aromatic carbocycles. The Labute approximate surface area is 149 Å². The van der Waals surface area contributed by atoms with Gasteiger partial charge in [0.2, 0.25) is 5.91 Å². The molecule has 2 atom stereocenters. The number of halogens is 1. The van der Waals surface area contributed by atoms with E-state index >= 15 is 0 Å². The largest absolute Gasteiger partial charge is 0.458 e. The minimum Gasteiger partial charge on any atom is -0.458 e. The topological polar surface area (TPSA) is 59.0 Å². The fourth-order valence-electron chi connectivity index (χ4n) is 2.84. The van der Waals surface area contributed by atoms with Crippen LogP contribution in [0.2, 0.25) is 0 Å². The van der Waals surface area contributed by atoms with Crippen molar-refractivity contribution in [2.75, 3.05) is 6.61 Å². The number of nitrogens with zero attached hydrogens (tertiary/aromatic N) is 2. The van der Waals surface area contributed by atoms with E-state index in [2.05, 4.69) is 11.6 Å². The number of ether oxygens (including phenoxy) is 1. The molecule has 0 radical (unpaired) electrons. The first kappa shape index (κ1) is 17.4. The van der Waals surface area contributed by atoms with Crippen molar-refractivity contribution in [1.82, 2.24) is 4.90 Å². The summed E-state index contributed by atoms with van der Waals surface area (Å²) in [5.74, 6) is -1.09. The van der Waals surface area contributed by atoms with E-state index in [4.69, 9.17) is 4.74 Å². The van der Waals surface area contributed by atoms with Crippen molar-refractivity contribution >= 4 is 28.8 Å². The highest BCUT2D eigenvalue weighted by atomic mass is 32.2. The number of fused-ring (bicyclic) bond motifs is 1. The third-order valence-corrected chi connectivity index (χ3v) is 5.05. The predicted octanol–water partition coefficient (Wildman–Crippen LogP) is 3.20. The van der Waals surface area contributed by atoms with E-state index in [1.165, 1.54) is 34.9 Å². The third kappa shape index (κ3) is 3.11. The second kappa shape index (κ2) is 6.84. The molecule has 3 rings (SSSR count). The monoisotopic (exact) mass is 360 g/mol. The number of amidine groups is 1. The van der Waals surface area contributed by atoms with Gasteiger partial charge in [-0.2, -0.15) is 0 Å². The van der Waals surface area contributed by atoms with Crippen molar-refractivity contribution in [2.24, 2.45) is 4.99 Å². The van der Waals surface area contributed by atoms with Gasteiger partial charge in [-0.15, -0.1) is 0 Å². The van der Waals surface area contributed by atoms with Crippen LogP contribution in [0, 0.1) is 5.82 Å². The van der Waals surface area contributed by atoms with Crippen LogP contribution in [-0.4, -0.2) is 33.8 Å². The summed E-state index contributed by atoms with van der Waals surface area (Å²) in [5, 5.41) is 0.252. The van der Waals surface area contributed by atoms with Crippen LogP contribution < -0.4 is 0 Å². The molecule has 1 fully saturated rings. The van der Waals surface area contributed by atoms with Crippen LogP contribution >= 0.6 is 11.8 Å². The number of rotatable bonds is 4. The van der Waals surface area contributed by atoms with Crippen molar-refractivity contribution in [3.05, 3.63) is 59.6 Å². The minimum atomic E-state index is -0.685. The molecule has 25 heavy (non-hydrogen) atoms. The first-order valence-electron chi connectivity index (χ1n) is 7.76. The summed E-state index contributed by atoms with van der Waals surface area (Å²) in [5.41, 5.74) is 1.39. The van der Waals surface area contributed by atoms with Crippen LogP contribution in [0.15, 0.2) is 53.2 Å². The molecular weight excluding hydrogens is 343 g/mol. The maximum atomic E-state index is 13.3. The van der Waals surface area contributed by atoms with Gasteiger partial charge in [-0.05, 0) is 31.5 Å². The van der Waals surface area contributed by atoms with Gasteiger partial charge in [0.15, 0.2) is 5.17 Å². The Morgan fingerprint density at radius 1 is 1.44 bits per heavy atom. The SMILES string of the molecule is C=CCOC(=O)C1=C(C)N=C2S[C@@H](C)C(=O)N2[C@@H]1c1ccc(F)cc1. The predicted molar refractivity (Wildman–Crippen MR) is 94.3 cm³/mol. The standard InChI is InChI=1S/C18H17FN2O3S/c1-4-9-24-17(23)14-10(2)20-18-21(16(22)11(3)25-18)15(14)12-5-7-13(19)8-6-12/h4-8,11,15H,1,9H2,2-3H3/t11-,15+/m0/s1. The van der Waals surface area contributed by atoms with E-state index in [0.717, 1.165) is 0 Å². The second-order valence-electron chi connectivity index (χ2n) is 5.70. The van der Waals surface area contributed by atoms with Crippen molar-refractivity contribution < 1.29 is 18.7 Å². The van der Waals surface area contributed by atoms with Crippen molar-refractivity contribution in [2.45, 2.75) is 25.1 Å². The zero-order chi connectivity index (χ0) is 18.1. The molecule has 5 nitrogen and oxygen atoms in total. The lowest BCUT2D eigenvalue weighted by atomic mass is 9.94. The lowest BCUT2D eigenvalue weighted by molar-refractivity contribution is -0.139. The van der Waals surface area contributed by atoms with Gasteiger partial charge in [0.1, 0.15) is 12.4 Å². The Kier molecular flexibility index (Phi) is 4.76. The molecule has 0 bridgehead atoms. The maximum Gasteiger partial charge on any atom is 0.338 e. The van der Waals surface area contributed by atoms with Crippen molar-refractivity contribution in [3.63, 3.8) is 0 Å². The number of allylic oxidation sites excluding steroid dienone is 1. The first-order chi connectivity index (χ1) is 11.9. The highest BCUT2D eigenvalue weighted by Gasteiger charge is 2.46. The molecule has 1 saturated heterocycles. The number of carbonyl (C=O) groups is 2. The van der Waals surface area contributed by atoms with Gasteiger partial charge in [-0.3, -0.25) is 9.69 Å². The van der Waals surface area contributed by atoms with Crippen LogP contribution in [0.5, 0.6) is 0 Å². The van der Waals surface area contributed by atoms with Gasteiger partial charge < -0.3 is 4.74 Å². The lowest BCUT2D eigenvalue weighted by Crippen LogP contribution is -2.40. The van der Waals surface area contributed by atoms with Crippen LogP contribution in [0.3, 0.4) is 0 Å². The molecule has 2 heterocycles. The summed E-state index contributed by atoms with van der Waals surface area (Å²) >= 11 is 1.34. The average Bonchev–Trinajstić information content (AvgIpc) is 2.86. The van der Waals surface area contributed by atoms with Crippen LogP contribution in [-0.2, 0) is 14.3 Å². The van der Waals surface area contributed by atoms with Crippen LogP contribution in [0.4, 0.5) is 4.39 Å². The Bertz CT molecular complexity index is 801. The Morgan fingerprint density at radius 3 is 2.76 bits per heavy atom. The molecule has 1 amide bonds. The maximum absolute atomic E-state index is 13.3. The Hall–Kier alpha value is -2.41. The molecule has 0 aliphatic carbocycles. The fraction of sp³-hybridized carbons (Fsp3) is 0.278. The van der Waals surface area contributed by atoms with Gasteiger partial charge >= 0.3 is 5.97 Å². The summed E-state index contributed by atoms with van der Waals surface area (Å²) in [6.07, 6.45) is 1.47. The fourth-order valence-corrected chi connectivity index (χ4v) is 3.87. The molecular formula is C18H17FN2O3S. The minimum absolute atomic E-state index is 0.0570. The van der Waals surface area contributed by atoms with E-state index in [9.17, 15) is 14.0 Å². The molecule has 1 aromatic rings. The molecule has 0 saturated carbocycles. The van der Waals surface area contributed by atoms with Crippen molar-refractivity contribution in [1.29, 1.82) is 0 Å². The Morgan fingerprint density at radius 2 is 2.12 bits per heavy atom. The molecule has 2 aliphatic heterocycles. The van der Waals surface area contributed by atoms with Gasteiger partial charge in [0.25, 0.3) is 0 Å². The van der Waals surface area contributed by atoms with Gasteiger partial charge in [0.05, 0.1) is 22.6 Å². The number of esters is 1. The van der Waals surface area contributed by atoms with Crippen LogP contribution in [0.1, 0.15) is 25.5 Å². The van der Waals surface area contributed by atoms with E-state index in [0.29, 0.717) is 16.4 Å². The first-order valence-corrected chi connectivity index (χ1v) is 8.64. The van der Waals surface area contributed by atoms with Crippen LogP contribution in [0.25, 0.3) is 0 Å². The number of aliphatic imine (C=N–C) groups is 1. The molecule has 0 N–H and O–H groups in total. The molecule has 2 aliphatic rings. The number of amides is 1. The van der Waals surface area contributed by atoms with Gasteiger partial charge in [0, 0.05) is 0 Å². The molecule has 0 aromatic heterocycles. The quantitative estimate of drug-likeness (QED) is 0.611. The summed E-state index contributed by atoms with van der Waals surface area (Å²) < 4.78 is 18.5. The number of hydrogen-bond donors (Lipinski definition) is 0. The van der Waals surface area contributed by atoms with E-state index in [-0.39, 0.29) is 29.2 Å². The van der Waals surface area contributed by atoms with Crippen molar-refractivity contribution in [3.8, 4) is 0 Å². The lowest BCUT2D eigenvalue weighted by Gasteiger charge is -2.33. The van der Waals surface area contributed by atoms with E-state index in [1.54, 1.807) is 26.0 Å². The molecule has 7 heteroatoms. The second-order valence-corrected chi connectivity index (χ2v) is 7.01. The zero-order valence-electron chi connectivity index (χ0n) is 13.9. The molecule has 130 valence electrons.